The highest BCUT2D eigenvalue weighted by atomic mass is 32.1. The SMILES string of the molecule is O=C(O)c1cc(OC(F)(F)F)c2nc(NC3C4CCC3CC(OCc3c(-c5ccccc5OC(F)(F)F)noc3C3CC3)C4)sc2c1. The number of para-hydroxylation sites is 1. The molecule has 4 aromatic rings. The lowest BCUT2D eigenvalue weighted by Crippen LogP contribution is -2.39. The van der Waals surface area contributed by atoms with Gasteiger partial charge in [-0.15, -0.1) is 26.3 Å². The monoisotopic (exact) mass is 683 g/mol. The molecule has 2 aromatic carbocycles. The molecular weight excluding hydrogens is 656 g/mol. The standard InChI is InChI=1S/C31H27F6N3O6S/c32-30(33,34)44-21-4-2-1-3-19(21)25-20(27(46-40-25)14-5-6-14)13-43-18-9-15-7-8-16(10-18)24(15)38-29-39-26-22(45-31(35,36)37)11-17(28(41)42)12-23(26)47-29/h1-4,11-12,14-16,18,24H,5-10,13H2,(H,38,39)(H,41,42). The fourth-order valence-electron chi connectivity index (χ4n) is 6.79. The maximum atomic E-state index is 13.1. The third-order valence-corrected chi connectivity index (χ3v) is 9.81. The Bertz CT molecular complexity index is 1790. The molecule has 2 unspecified atom stereocenters. The number of ether oxygens (including phenoxy) is 3. The van der Waals surface area contributed by atoms with E-state index in [0.717, 1.165) is 43.1 Å². The number of nitrogens with one attached hydrogen (secondary N) is 1. The average molecular weight is 684 g/mol. The van der Waals surface area contributed by atoms with Crippen molar-refractivity contribution in [3.8, 4) is 22.8 Å². The van der Waals surface area contributed by atoms with Crippen LogP contribution in [0.5, 0.6) is 11.5 Å². The number of benzene rings is 2. The molecule has 3 aliphatic carbocycles. The van der Waals surface area contributed by atoms with Gasteiger partial charge in [-0.2, -0.15) is 0 Å². The first kappa shape index (κ1) is 31.5. The summed E-state index contributed by atoms with van der Waals surface area (Å²) in [6.07, 6.45) is -5.14. The first-order valence-electron chi connectivity index (χ1n) is 15.0. The minimum Gasteiger partial charge on any atom is -0.478 e. The summed E-state index contributed by atoms with van der Waals surface area (Å²) in [4.78, 5) is 15.9. The second kappa shape index (κ2) is 11.9. The Morgan fingerprint density at radius 1 is 0.979 bits per heavy atom. The lowest BCUT2D eigenvalue weighted by Gasteiger charge is -2.35. The third kappa shape index (κ3) is 6.84. The molecule has 3 saturated carbocycles. The molecule has 9 nitrogen and oxygen atoms in total. The summed E-state index contributed by atoms with van der Waals surface area (Å²) in [5, 5.41) is 17.3. The van der Waals surface area contributed by atoms with Crippen molar-refractivity contribution in [2.75, 3.05) is 5.32 Å². The van der Waals surface area contributed by atoms with Crippen molar-refractivity contribution < 1.29 is 55.0 Å². The lowest BCUT2D eigenvalue weighted by atomic mass is 9.82. The number of rotatable bonds is 10. The number of carboxylic acid groups (broad SMARTS) is 1. The van der Waals surface area contributed by atoms with Crippen molar-refractivity contribution in [2.24, 2.45) is 11.8 Å². The van der Waals surface area contributed by atoms with Gasteiger partial charge in [-0.3, -0.25) is 0 Å². The van der Waals surface area contributed by atoms with Gasteiger partial charge in [0, 0.05) is 23.1 Å². The van der Waals surface area contributed by atoms with Gasteiger partial charge in [0.15, 0.2) is 10.9 Å². The topological polar surface area (TPSA) is 116 Å². The molecule has 250 valence electrons. The number of hydrogen-bond acceptors (Lipinski definition) is 9. The highest BCUT2D eigenvalue weighted by Crippen LogP contribution is 2.48. The number of aromatic nitrogens is 2. The van der Waals surface area contributed by atoms with E-state index in [1.807, 2.05) is 0 Å². The van der Waals surface area contributed by atoms with Gasteiger partial charge >= 0.3 is 18.7 Å². The zero-order valence-electron chi connectivity index (χ0n) is 24.4. The van der Waals surface area contributed by atoms with Crippen LogP contribution in [0, 0.1) is 11.8 Å². The van der Waals surface area contributed by atoms with Crippen molar-refractivity contribution >= 4 is 32.7 Å². The molecule has 2 aromatic heterocycles. The maximum absolute atomic E-state index is 13.1. The van der Waals surface area contributed by atoms with Crippen LogP contribution in [0.15, 0.2) is 40.9 Å². The van der Waals surface area contributed by atoms with E-state index in [0.29, 0.717) is 29.3 Å². The van der Waals surface area contributed by atoms with Crippen molar-refractivity contribution in [2.45, 2.75) is 75.9 Å². The molecule has 0 radical (unpaired) electrons. The van der Waals surface area contributed by atoms with Gasteiger partial charge in [0.2, 0.25) is 0 Å². The molecule has 0 saturated heterocycles. The van der Waals surface area contributed by atoms with Gasteiger partial charge in [-0.05, 0) is 74.6 Å². The predicted octanol–water partition coefficient (Wildman–Crippen LogP) is 8.51. The summed E-state index contributed by atoms with van der Waals surface area (Å²) < 4.78 is 99.2. The van der Waals surface area contributed by atoms with Gasteiger partial charge in [0.1, 0.15) is 22.7 Å². The number of alkyl halides is 6. The Kier molecular flexibility index (Phi) is 7.97. The Hall–Kier alpha value is -4.05. The first-order chi connectivity index (χ1) is 22.3. The van der Waals surface area contributed by atoms with Crippen molar-refractivity contribution in [3.63, 3.8) is 0 Å². The van der Waals surface area contributed by atoms with Gasteiger partial charge < -0.3 is 29.2 Å². The van der Waals surface area contributed by atoms with E-state index in [9.17, 15) is 36.2 Å². The van der Waals surface area contributed by atoms with Crippen molar-refractivity contribution in [1.29, 1.82) is 0 Å². The molecule has 0 spiro atoms. The highest BCUT2D eigenvalue weighted by molar-refractivity contribution is 7.22. The predicted molar refractivity (Wildman–Crippen MR) is 155 cm³/mol. The third-order valence-electron chi connectivity index (χ3n) is 8.88. The summed E-state index contributed by atoms with van der Waals surface area (Å²) in [5.41, 5.74) is 0.581. The lowest BCUT2D eigenvalue weighted by molar-refractivity contribution is -0.275. The van der Waals surface area contributed by atoms with Crippen LogP contribution >= 0.6 is 11.3 Å². The van der Waals surface area contributed by atoms with Crippen LogP contribution in [-0.2, 0) is 11.3 Å². The second-order valence-corrected chi connectivity index (χ2v) is 13.1. The van der Waals surface area contributed by atoms with E-state index in [1.165, 1.54) is 24.3 Å². The Balaban J connectivity index is 1.06. The van der Waals surface area contributed by atoms with Gasteiger partial charge in [-0.1, -0.05) is 28.6 Å². The zero-order valence-corrected chi connectivity index (χ0v) is 25.2. The quantitative estimate of drug-likeness (QED) is 0.159. The summed E-state index contributed by atoms with van der Waals surface area (Å²) in [6.45, 7) is 0.0962. The van der Waals surface area contributed by atoms with E-state index < -0.39 is 24.4 Å². The molecule has 2 bridgehead atoms. The van der Waals surface area contributed by atoms with Crippen LogP contribution in [0.4, 0.5) is 31.5 Å². The summed E-state index contributed by atoms with van der Waals surface area (Å²) in [6, 6.07) is 7.82. The molecular formula is C31H27F6N3O6S. The number of aromatic carboxylic acids is 1. The van der Waals surface area contributed by atoms with Gasteiger partial charge in [-0.25, -0.2) is 9.78 Å². The molecule has 2 heterocycles. The molecule has 7 rings (SSSR count). The minimum absolute atomic E-state index is 0.0269. The smallest absolute Gasteiger partial charge is 0.478 e. The van der Waals surface area contributed by atoms with E-state index in [1.54, 1.807) is 6.07 Å². The molecule has 47 heavy (non-hydrogen) atoms. The molecule has 3 aliphatic rings. The summed E-state index contributed by atoms with van der Waals surface area (Å²) in [5.74, 6) is -1.38. The first-order valence-corrected chi connectivity index (χ1v) is 15.8. The zero-order chi connectivity index (χ0) is 33.1. The molecule has 0 amide bonds. The number of carboxylic acids is 1. The van der Waals surface area contributed by atoms with Crippen molar-refractivity contribution in [1.82, 2.24) is 10.1 Å². The van der Waals surface area contributed by atoms with Crippen LogP contribution < -0.4 is 14.8 Å². The minimum atomic E-state index is -5.02. The second-order valence-electron chi connectivity index (χ2n) is 12.1. The molecule has 2 atom stereocenters. The molecule has 16 heteroatoms. The highest BCUT2D eigenvalue weighted by Gasteiger charge is 2.44. The van der Waals surface area contributed by atoms with E-state index in [-0.39, 0.29) is 69.3 Å². The van der Waals surface area contributed by atoms with Crippen LogP contribution in [0.25, 0.3) is 21.5 Å². The fourth-order valence-corrected chi connectivity index (χ4v) is 7.76. The Morgan fingerprint density at radius 3 is 2.32 bits per heavy atom. The van der Waals surface area contributed by atoms with Crippen molar-refractivity contribution in [3.05, 3.63) is 53.3 Å². The Morgan fingerprint density at radius 2 is 1.66 bits per heavy atom. The van der Waals surface area contributed by atoms with Crippen LogP contribution in [-0.4, -0.2) is 46.1 Å². The molecule has 3 fully saturated rings. The van der Waals surface area contributed by atoms with E-state index in [2.05, 4.69) is 24.9 Å². The average Bonchev–Trinajstić information content (AvgIpc) is 3.54. The van der Waals surface area contributed by atoms with E-state index >= 15 is 0 Å². The number of fused-ring (bicyclic) bond motifs is 3. The molecule has 2 N–H and O–H groups in total. The fraction of sp³-hybridized carbons (Fsp3) is 0.452. The summed E-state index contributed by atoms with van der Waals surface area (Å²) >= 11 is 1.06. The maximum Gasteiger partial charge on any atom is 0.573 e. The number of carbonyl (C=O) groups is 1. The number of anilines is 1. The normalized spacial score (nSPS) is 22.9. The number of halogens is 6. The van der Waals surface area contributed by atoms with Crippen LogP contribution in [0.1, 0.15) is 66.1 Å². The largest absolute Gasteiger partial charge is 0.573 e. The molecule has 0 aliphatic heterocycles. The van der Waals surface area contributed by atoms with Gasteiger partial charge in [0.25, 0.3) is 0 Å². The number of hydrogen-bond donors (Lipinski definition) is 2. The van der Waals surface area contributed by atoms with Crippen LogP contribution in [0.2, 0.25) is 0 Å². The number of thiazole rings is 1. The van der Waals surface area contributed by atoms with E-state index in [4.69, 9.17) is 9.26 Å². The number of nitrogens with zero attached hydrogens (tertiary/aromatic N) is 2. The van der Waals surface area contributed by atoms with Gasteiger partial charge in [0.05, 0.1) is 23.0 Å². The summed E-state index contributed by atoms with van der Waals surface area (Å²) in [7, 11) is 0. The van der Waals surface area contributed by atoms with Crippen LogP contribution in [0.3, 0.4) is 0 Å². The Labute approximate surface area is 266 Å².